The zero-order chi connectivity index (χ0) is 38.8. The SMILES string of the molecule is CC1(C)c2ccccc2-c2ccc(N(c3ccc(-c4ccccc4)cc3)c3ccc4c(-c5ccc6cc(-c7ccccc7)ccc6c5)cc5ccccc5c4c3)cc21. The smallest absolute Gasteiger partial charge is 0.0468 e. The van der Waals surface area contributed by atoms with Crippen molar-refractivity contribution >= 4 is 49.4 Å². The Kier molecular flexibility index (Phi) is 7.91. The maximum atomic E-state index is 2.44. The first kappa shape index (κ1) is 34.1. The fraction of sp³-hybridized carbons (Fsp3) is 0.0526. The number of rotatable bonds is 6. The number of anilines is 3. The molecule has 0 N–H and O–H groups in total. The summed E-state index contributed by atoms with van der Waals surface area (Å²) in [6, 6.07) is 78.3. The lowest BCUT2D eigenvalue weighted by Crippen LogP contribution is -2.16. The van der Waals surface area contributed by atoms with Crippen LogP contribution in [0.1, 0.15) is 25.0 Å². The van der Waals surface area contributed by atoms with Gasteiger partial charge in [0, 0.05) is 22.5 Å². The molecule has 0 bridgehead atoms. The minimum absolute atomic E-state index is 0.109. The summed E-state index contributed by atoms with van der Waals surface area (Å²) < 4.78 is 0. The molecule has 1 aliphatic rings. The molecule has 0 saturated heterocycles. The van der Waals surface area contributed by atoms with Crippen LogP contribution in [0.3, 0.4) is 0 Å². The molecule has 1 heteroatoms. The first-order valence-electron chi connectivity index (χ1n) is 20.2. The topological polar surface area (TPSA) is 3.24 Å². The molecule has 0 aliphatic heterocycles. The van der Waals surface area contributed by atoms with Crippen molar-refractivity contribution in [3.8, 4) is 44.5 Å². The van der Waals surface area contributed by atoms with Gasteiger partial charge in [-0.1, -0.05) is 172 Å². The van der Waals surface area contributed by atoms with Crippen molar-refractivity contribution < 1.29 is 0 Å². The molecule has 0 unspecified atom stereocenters. The highest BCUT2D eigenvalue weighted by Crippen LogP contribution is 2.51. The van der Waals surface area contributed by atoms with Crippen LogP contribution in [0.5, 0.6) is 0 Å². The standard InChI is InChI=1S/C57H41N/c1-57(2)55-20-12-11-19-51(55)52-32-30-48(37-56(52)57)58(46-27-25-40(26-28-46)38-13-5-3-6-14-38)47-29-31-50-53(35-44-17-9-10-18-49(44)54(50)36-47)45-24-23-42-33-41(21-22-43(42)34-45)39-15-7-4-8-16-39/h3-37H,1-2H3. The van der Waals surface area contributed by atoms with Crippen LogP contribution in [0.2, 0.25) is 0 Å². The van der Waals surface area contributed by atoms with E-state index in [0.29, 0.717) is 0 Å². The molecule has 0 fully saturated rings. The van der Waals surface area contributed by atoms with Gasteiger partial charge in [0.15, 0.2) is 0 Å². The quantitative estimate of drug-likeness (QED) is 0.154. The van der Waals surface area contributed by atoms with Crippen molar-refractivity contribution in [2.24, 2.45) is 0 Å². The average Bonchev–Trinajstić information content (AvgIpc) is 3.52. The summed E-state index contributed by atoms with van der Waals surface area (Å²) in [7, 11) is 0. The highest BCUT2D eigenvalue weighted by molar-refractivity contribution is 6.15. The Hall–Kier alpha value is -7.22. The van der Waals surface area contributed by atoms with Crippen molar-refractivity contribution in [1.29, 1.82) is 0 Å². The van der Waals surface area contributed by atoms with Gasteiger partial charge in [-0.15, -0.1) is 0 Å². The maximum absolute atomic E-state index is 2.44. The summed E-state index contributed by atoms with van der Waals surface area (Å²) in [5.41, 5.74) is 16.0. The second-order valence-corrected chi connectivity index (χ2v) is 16.2. The van der Waals surface area contributed by atoms with Gasteiger partial charge in [0.2, 0.25) is 0 Å². The molecule has 0 amide bonds. The molecular formula is C57H41N. The van der Waals surface area contributed by atoms with E-state index in [4.69, 9.17) is 0 Å². The van der Waals surface area contributed by atoms with Crippen LogP contribution in [0.15, 0.2) is 212 Å². The number of nitrogens with zero attached hydrogens (tertiary/aromatic N) is 1. The van der Waals surface area contributed by atoms with Crippen molar-refractivity contribution in [2.45, 2.75) is 19.3 Å². The molecule has 1 nitrogen and oxygen atoms in total. The van der Waals surface area contributed by atoms with Gasteiger partial charge in [-0.05, 0) is 143 Å². The number of benzene rings is 10. The zero-order valence-electron chi connectivity index (χ0n) is 32.7. The van der Waals surface area contributed by atoms with E-state index in [-0.39, 0.29) is 5.41 Å². The van der Waals surface area contributed by atoms with Crippen molar-refractivity contribution in [1.82, 2.24) is 0 Å². The van der Waals surface area contributed by atoms with Gasteiger partial charge in [-0.25, -0.2) is 0 Å². The minimum Gasteiger partial charge on any atom is -0.310 e. The molecule has 0 radical (unpaired) electrons. The lowest BCUT2D eigenvalue weighted by Gasteiger charge is -2.29. The van der Waals surface area contributed by atoms with E-state index < -0.39 is 0 Å². The molecule has 0 heterocycles. The molecule has 0 saturated carbocycles. The molecule has 0 atom stereocenters. The molecule has 274 valence electrons. The van der Waals surface area contributed by atoms with E-state index in [1.54, 1.807) is 0 Å². The van der Waals surface area contributed by atoms with E-state index in [0.717, 1.165) is 17.1 Å². The van der Waals surface area contributed by atoms with Gasteiger partial charge in [0.1, 0.15) is 0 Å². The summed E-state index contributed by atoms with van der Waals surface area (Å²) in [4.78, 5) is 2.44. The molecule has 0 spiro atoms. The second kappa shape index (κ2) is 13.5. The summed E-state index contributed by atoms with van der Waals surface area (Å²) in [5, 5.41) is 7.45. The van der Waals surface area contributed by atoms with E-state index in [9.17, 15) is 0 Å². The molecule has 0 aromatic heterocycles. The number of hydrogen-bond acceptors (Lipinski definition) is 1. The molecule has 10 aromatic rings. The Bertz CT molecular complexity index is 3180. The summed E-state index contributed by atoms with van der Waals surface area (Å²) in [5.74, 6) is 0. The lowest BCUT2D eigenvalue weighted by molar-refractivity contribution is 0.660. The first-order chi connectivity index (χ1) is 28.5. The highest BCUT2D eigenvalue weighted by atomic mass is 15.1. The minimum atomic E-state index is -0.109. The Morgan fingerprint density at radius 3 is 1.62 bits per heavy atom. The van der Waals surface area contributed by atoms with Crippen molar-refractivity contribution in [3.63, 3.8) is 0 Å². The van der Waals surface area contributed by atoms with E-state index >= 15 is 0 Å². The van der Waals surface area contributed by atoms with Gasteiger partial charge in [-0.2, -0.15) is 0 Å². The zero-order valence-corrected chi connectivity index (χ0v) is 32.7. The fourth-order valence-corrected chi connectivity index (χ4v) is 9.40. The summed E-state index contributed by atoms with van der Waals surface area (Å²) >= 11 is 0. The van der Waals surface area contributed by atoms with E-state index in [2.05, 4.69) is 231 Å². The molecular weight excluding hydrogens is 699 g/mol. The Morgan fingerprint density at radius 2 is 0.845 bits per heavy atom. The van der Waals surface area contributed by atoms with Crippen LogP contribution in [0.25, 0.3) is 76.8 Å². The van der Waals surface area contributed by atoms with Crippen LogP contribution >= 0.6 is 0 Å². The third kappa shape index (κ3) is 5.62. The van der Waals surface area contributed by atoms with E-state index in [1.807, 2.05) is 0 Å². The summed E-state index contributed by atoms with van der Waals surface area (Å²) in [6.45, 7) is 4.72. The Morgan fingerprint density at radius 1 is 0.293 bits per heavy atom. The third-order valence-electron chi connectivity index (χ3n) is 12.4. The van der Waals surface area contributed by atoms with Gasteiger partial charge in [-0.3, -0.25) is 0 Å². The monoisotopic (exact) mass is 739 g/mol. The van der Waals surface area contributed by atoms with Gasteiger partial charge in [0.25, 0.3) is 0 Å². The van der Waals surface area contributed by atoms with E-state index in [1.165, 1.54) is 88.0 Å². The first-order valence-corrected chi connectivity index (χ1v) is 20.2. The van der Waals surface area contributed by atoms with Gasteiger partial charge >= 0.3 is 0 Å². The molecule has 1 aliphatic carbocycles. The number of fused-ring (bicyclic) bond motifs is 7. The third-order valence-corrected chi connectivity index (χ3v) is 12.4. The molecule has 58 heavy (non-hydrogen) atoms. The fourth-order valence-electron chi connectivity index (χ4n) is 9.40. The maximum Gasteiger partial charge on any atom is 0.0468 e. The Labute approximate surface area is 340 Å². The van der Waals surface area contributed by atoms with Crippen molar-refractivity contribution in [3.05, 3.63) is 223 Å². The van der Waals surface area contributed by atoms with Crippen LogP contribution in [-0.2, 0) is 5.41 Å². The number of hydrogen-bond donors (Lipinski definition) is 0. The molecule has 10 aromatic carbocycles. The van der Waals surface area contributed by atoms with Crippen LogP contribution < -0.4 is 4.90 Å². The van der Waals surface area contributed by atoms with Crippen LogP contribution in [-0.4, -0.2) is 0 Å². The van der Waals surface area contributed by atoms with Gasteiger partial charge in [0.05, 0.1) is 0 Å². The van der Waals surface area contributed by atoms with Crippen LogP contribution in [0.4, 0.5) is 17.1 Å². The predicted octanol–water partition coefficient (Wildman–Crippen LogP) is 15.9. The van der Waals surface area contributed by atoms with Gasteiger partial charge < -0.3 is 4.90 Å². The molecule has 11 rings (SSSR count). The Balaban J connectivity index is 1.08. The lowest BCUT2D eigenvalue weighted by atomic mass is 9.82. The highest BCUT2D eigenvalue weighted by Gasteiger charge is 2.35. The van der Waals surface area contributed by atoms with Crippen LogP contribution in [0, 0.1) is 0 Å². The van der Waals surface area contributed by atoms with Crippen molar-refractivity contribution in [2.75, 3.05) is 4.90 Å². The summed E-state index contributed by atoms with van der Waals surface area (Å²) in [6.07, 6.45) is 0. The second-order valence-electron chi connectivity index (χ2n) is 16.2. The predicted molar refractivity (Wildman–Crippen MR) is 248 cm³/mol. The normalized spacial score (nSPS) is 12.8. The largest absolute Gasteiger partial charge is 0.310 e. The average molecular weight is 740 g/mol.